The molecule has 23 heavy (non-hydrogen) atoms. The summed E-state index contributed by atoms with van der Waals surface area (Å²) >= 11 is 0. The average Bonchev–Trinajstić information content (AvgIpc) is 3.22. The van der Waals surface area contributed by atoms with Crippen molar-refractivity contribution in [2.24, 2.45) is 0 Å². The lowest BCUT2D eigenvalue weighted by molar-refractivity contribution is 1.04. The molecule has 2 aromatic carbocycles. The Balaban J connectivity index is 1.92. The first-order chi connectivity index (χ1) is 11.2. The second kappa shape index (κ2) is 5.25. The minimum Gasteiger partial charge on any atom is -0.384 e. The molecule has 0 radical (unpaired) electrons. The molecule has 0 aliphatic carbocycles. The number of aromatic nitrogens is 3. The molecule has 0 amide bonds. The highest BCUT2D eigenvalue weighted by molar-refractivity contribution is 5.82. The molecule has 1 aliphatic rings. The molecule has 0 saturated carbocycles. The number of rotatable bonds is 2. The number of fused-ring (bicyclic) bond motifs is 1. The Hall–Kier alpha value is -3.13. The van der Waals surface area contributed by atoms with E-state index in [0.717, 1.165) is 41.2 Å². The van der Waals surface area contributed by atoms with E-state index in [9.17, 15) is 0 Å². The zero-order valence-electron chi connectivity index (χ0n) is 12.7. The smallest absolute Gasteiger partial charge is 0.181 e. The van der Waals surface area contributed by atoms with Crippen LogP contribution in [0.15, 0.2) is 36.4 Å². The summed E-state index contributed by atoms with van der Waals surface area (Å²) in [5.41, 5.74) is 6.25. The number of nitrogens with one attached hydrogen (secondary N) is 2. The van der Waals surface area contributed by atoms with Gasteiger partial charge < -0.3 is 5.32 Å². The van der Waals surface area contributed by atoms with Crippen molar-refractivity contribution in [1.29, 1.82) is 5.26 Å². The second-order valence-corrected chi connectivity index (χ2v) is 5.66. The van der Waals surface area contributed by atoms with Gasteiger partial charge in [-0.3, -0.25) is 5.10 Å². The van der Waals surface area contributed by atoms with Gasteiger partial charge in [-0.25, -0.2) is 4.98 Å². The predicted molar refractivity (Wildman–Crippen MR) is 88.9 cm³/mol. The lowest BCUT2D eigenvalue weighted by atomic mass is 9.94. The number of hydrogen-bond donors (Lipinski definition) is 2. The normalized spacial score (nSPS) is 12.5. The van der Waals surface area contributed by atoms with E-state index in [-0.39, 0.29) is 0 Å². The molecule has 4 rings (SSSR count). The molecule has 0 bridgehead atoms. The van der Waals surface area contributed by atoms with Crippen LogP contribution in [0.1, 0.15) is 17.0 Å². The lowest BCUT2D eigenvalue weighted by Crippen LogP contribution is -1.92. The number of aryl methyl sites for hydroxylation is 1. The summed E-state index contributed by atoms with van der Waals surface area (Å²) in [7, 11) is 0. The fraction of sp³-hybridized carbons (Fsp3) is 0.167. The van der Waals surface area contributed by atoms with Gasteiger partial charge in [0.1, 0.15) is 5.82 Å². The number of nitriles is 1. The van der Waals surface area contributed by atoms with Gasteiger partial charge in [0, 0.05) is 17.8 Å². The van der Waals surface area contributed by atoms with Gasteiger partial charge in [0.25, 0.3) is 0 Å². The van der Waals surface area contributed by atoms with E-state index in [1.54, 1.807) is 0 Å². The number of anilines is 1. The van der Waals surface area contributed by atoms with Crippen molar-refractivity contribution in [1.82, 2.24) is 15.2 Å². The Kier molecular flexibility index (Phi) is 3.09. The van der Waals surface area contributed by atoms with Crippen molar-refractivity contribution in [3.05, 3.63) is 53.3 Å². The third-order valence-electron chi connectivity index (χ3n) is 4.10. The first-order valence-electron chi connectivity index (χ1n) is 7.55. The molecule has 0 spiro atoms. The lowest BCUT2D eigenvalue weighted by Gasteiger charge is -2.11. The fourth-order valence-corrected chi connectivity index (χ4v) is 3.04. The van der Waals surface area contributed by atoms with Gasteiger partial charge in [0.2, 0.25) is 0 Å². The number of H-pyrrole nitrogens is 1. The molecule has 0 unspecified atom stereocenters. The highest BCUT2D eigenvalue weighted by atomic mass is 15.2. The van der Waals surface area contributed by atoms with E-state index in [1.807, 2.05) is 31.2 Å². The largest absolute Gasteiger partial charge is 0.384 e. The third kappa shape index (κ3) is 2.34. The topological polar surface area (TPSA) is 77.4 Å². The summed E-state index contributed by atoms with van der Waals surface area (Å²) in [6, 6.07) is 14.1. The Labute approximate surface area is 134 Å². The second-order valence-electron chi connectivity index (χ2n) is 5.66. The molecule has 0 fully saturated rings. The fourth-order valence-electron chi connectivity index (χ4n) is 3.04. The Bertz CT molecular complexity index is 933. The van der Waals surface area contributed by atoms with Crippen LogP contribution >= 0.6 is 0 Å². The molecule has 0 saturated heterocycles. The maximum absolute atomic E-state index is 9.15. The first kappa shape index (κ1) is 13.5. The maximum Gasteiger partial charge on any atom is 0.181 e. The zero-order chi connectivity index (χ0) is 15.8. The average molecular weight is 301 g/mol. The van der Waals surface area contributed by atoms with Crippen LogP contribution in [0.2, 0.25) is 0 Å². The van der Waals surface area contributed by atoms with Crippen LogP contribution in [0.3, 0.4) is 0 Å². The van der Waals surface area contributed by atoms with Crippen LogP contribution in [-0.4, -0.2) is 21.7 Å². The third-order valence-corrected chi connectivity index (χ3v) is 4.10. The van der Waals surface area contributed by atoms with Gasteiger partial charge in [-0.1, -0.05) is 12.1 Å². The molecular weight excluding hydrogens is 286 g/mol. The van der Waals surface area contributed by atoms with Gasteiger partial charge in [0.15, 0.2) is 5.82 Å². The minimum absolute atomic E-state index is 0.668. The number of benzene rings is 2. The highest BCUT2D eigenvalue weighted by Gasteiger charge is 2.19. The highest BCUT2D eigenvalue weighted by Crippen LogP contribution is 2.37. The molecule has 2 N–H and O–H groups in total. The SMILES string of the molecule is Cc1nc(-c2cc3c(c(-c4cccc(C#N)c4)c2)CCN3)n[nH]1. The molecule has 5 heteroatoms. The summed E-state index contributed by atoms with van der Waals surface area (Å²) < 4.78 is 0. The summed E-state index contributed by atoms with van der Waals surface area (Å²) in [4.78, 5) is 4.43. The predicted octanol–water partition coefficient (Wildman–Crippen LogP) is 3.29. The van der Waals surface area contributed by atoms with E-state index < -0.39 is 0 Å². The Morgan fingerprint density at radius 2 is 2.09 bits per heavy atom. The summed E-state index contributed by atoms with van der Waals surface area (Å²) in [5.74, 6) is 1.48. The van der Waals surface area contributed by atoms with Crippen LogP contribution in [0.5, 0.6) is 0 Å². The first-order valence-corrected chi connectivity index (χ1v) is 7.55. The van der Waals surface area contributed by atoms with Crippen molar-refractivity contribution in [3.8, 4) is 28.6 Å². The summed E-state index contributed by atoms with van der Waals surface area (Å²) in [6.07, 6.45) is 0.981. The number of nitrogens with zero attached hydrogens (tertiary/aromatic N) is 3. The Morgan fingerprint density at radius 1 is 1.17 bits per heavy atom. The van der Waals surface area contributed by atoms with E-state index in [4.69, 9.17) is 5.26 Å². The Morgan fingerprint density at radius 3 is 2.87 bits per heavy atom. The molecule has 112 valence electrons. The number of hydrogen-bond acceptors (Lipinski definition) is 4. The van der Waals surface area contributed by atoms with Crippen LogP contribution in [0.25, 0.3) is 22.5 Å². The van der Waals surface area contributed by atoms with E-state index >= 15 is 0 Å². The van der Waals surface area contributed by atoms with Crippen LogP contribution in [-0.2, 0) is 6.42 Å². The minimum atomic E-state index is 0.668. The van der Waals surface area contributed by atoms with Gasteiger partial charge in [0.05, 0.1) is 11.6 Å². The van der Waals surface area contributed by atoms with Crippen LogP contribution in [0, 0.1) is 18.3 Å². The monoisotopic (exact) mass is 301 g/mol. The molecule has 2 heterocycles. The van der Waals surface area contributed by atoms with Crippen molar-refractivity contribution in [2.75, 3.05) is 11.9 Å². The van der Waals surface area contributed by atoms with Gasteiger partial charge in [-0.2, -0.15) is 10.4 Å². The summed E-state index contributed by atoms with van der Waals surface area (Å²) in [5, 5.41) is 19.7. The molecule has 1 aliphatic heterocycles. The van der Waals surface area contributed by atoms with Crippen molar-refractivity contribution in [2.45, 2.75) is 13.3 Å². The molecule has 5 nitrogen and oxygen atoms in total. The molecule has 1 aromatic heterocycles. The van der Waals surface area contributed by atoms with E-state index in [2.05, 4.69) is 38.7 Å². The van der Waals surface area contributed by atoms with Crippen molar-refractivity contribution >= 4 is 5.69 Å². The van der Waals surface area contributed by atoms with Crippen molar-refractivity contribution in [3.63, 3.8) is 0 Å². The van der Waals surface area contributed by atoms with Crippen LogP contribution in [0.4, 0.5) is 5.69 Å². The summed E-state index contributed by atoms with van der Waals surface area (Å²) in [6.45, 7) is 2.82. The standard InChI is InChI=1S/C18H15N5/c1-11-21-18(23-22-11)14-8-16(15-5-6-20-17(15)9-14)13-4-2-3-12(7-13)10-19/h2-4,7-9,20H,5-6H2,1H3,(H,21,22,23). The van der Waals surface area contributed by atoms with Crippen LogP contribution < -0.4 is 5.32 Å². The van der Waals surface area contributed by atoms with E-state index in [1.165, 1.54) is 5.56 Å². The van der Waals surface area contributed by atoms with E-state index in [0.29, 0.717) is 11.4 Å². The zero-order valence-corrected chi connectivity index (χ0v) is 12.7. The quantitative estimate of drug-likeness (QED) is 0.761. The van der Waals surface area contributed by atoms with Gasteiger partial charge >= 0.3 is 0 Å². The number of aromatic amines is 1. The van der Waals surface area contributed by atoms with Gasteiger partial charge in [-0.05, 0) is 54.3 Å². The molecule has 0 atom stereocenters. The van der Waals surface area contributed by atoms with Gasteiger partial charge in [-0.15, -0.1) is 0 Å². The maximum atomic E-state index is 9.15. The van der Waals surface area contributed by atoms with Crippen molar-refractivity contribution < 1.29 is 0 Å². The molecule has 3 aromatic rings. The molecular formula is C18H15N5.